The molecule has 1 atom stereocenters. The Kier molecular flexibility index (Phi) is 2.94. The maximum Gasteiger partial charge on any atom is 0.208 e. The van der Waals surface area contributed by atoms with E-state index in [2.05, 4.69) is 48.4 Å². The van der Waals surface area contributed by atoms with Crippen LogP contribution in [0.15, 0.2) is 34.9 Å². The lowest BCUT2D eigenvalue weighted by molar-refractivity contribution is 0.260. The molecule has 0 aliphatic heterocycles. The zero-order valence-electron chi connectivity index (χ0n) is 11.7. The first kappa shape index (κ1) is 12.4. The molecule has 0 spiro atoms. The summed E-state index contributed by atoms with van der Waals surface area (Å²) in [5, 5.41) is 3.60. The molecule has 3 nitrogen and oxygen atoms in total. The molecule has 0 fully saturated rings. The lowest BCUT2D eigenvalue weighted by Crippen LogP contribution is -2.30. The number of fused-ring (bicyclic) bond motifs is 1. The Morgan fingerprint density at radius 2 is 2.16 bits per heavy atom. The van der Waals surface area contributed by atoms with Crippen LogP contribution in [-0.2, 0) is 13.0 Å². The van der Waals surface area contributed by atoms with Gasteiger partial charge in [-0.15, -0.1) is 0 Å². The molecule has 0 radical (unpaired) electrons. The Bertz CT molecular complexity index is 586. The fourth-order valence-electron chi connectivity index (χ4n) is 3.05. The summed E-state index contributed by atoms with van der Waals surface area (Å²) in [6, 6.07) is 9.05. The van der Waals surface area contributed by atoms with Gasteiger partial charge in [-0.3, -0.25) is 0 Å². The normalized spacial score (nSPS) is 20.5. The van der Waals surface area contributed by atoms with Gasteiger partial charge in [0.15, 0.2) is 0 Å². The number of nitrogens with zero attached hydrogens (tertiary/aromatic N) is 1. The summed E-state index contributed by atoms with van der Waals surface area (Å²) in [4.78, 5) is 4.25. The highest BCUT2D eigenvalue weighted by Crippen LogP contribution is 2.45. The van der Waals surface area contributed by atoms with E-state index in [1.807, 2.05) is 6.92 Å². The van der Waals surface area contributed by atoms with Crippen LogP contribution >= 0.6 is 0 Å². The zero-order valence-corrected chi connectivity index (χ0v) is 11.7. The van der Waals surface area contributed by atoms with Crippen LogP contribution in [0.3, 0.4) is 0 Å². The van der Waals surface area contributed by atoms with E-state index in [0.29, 0.717) is 12.6 Å². The molecule has 1 unspecified atom stereocenters. The standard InChI is InChI=1S/C16H20N2O/c1-11-9-17-14(19-11)10-18-15-13-7-5-4-6-12(13)8-16(15,2)3/h4-7,9,15,18H,8,10H2,1-3H3. The summed E-state index contributed by atoms with van der Waals surface area (Å²) >= 11 is 0. The zero-order chi connectivity index (χ0) is 13.5. The molecule has 1 aromatic heterocycles. The molecule has 3 heteroatoms. The molecule has 0 amide bonds. The maximum atomic E-state index is 5.53. The van der Waals surface area contributed by atoms with E-state index in [0.717, 1.165) is 18.1 Å². The number of oxazole rings is 1. The van der Waals surface area contributed by atoms with E-state index in [1.54, 1.807) is 6.20 Å². The first-order valence-electron chi connectivity index (χ1n) is 6.79. The second-order valence-electron chi connectivity index (χ2n) is 6.04. The number of hydrogen-bond donors (Lipinski definition) is 1. The number of hydrogen-bond acceptors (Lipinski definition) is 3. The molecule has 100 valence electrons. The number of aromatic nitrogens is 1. The first-order chi connectivity index (χ1) is 9.06. The molecular weight excluding hydrogens is 236 g/mol. The average molecular weight is 256 g/mol. The van der Waals surface area contributed by atoms with Gasteiger partial charge in [0, 0.05) is 6.04 Å². The van der Waals surface area contributed by atoms with Crippen LogP contribution in [0.5, 0.6) is 0 Å². The van der Waals surface area contributed by atoms with Crippen LogP contribution < -0.4 is 5.32 Å². The van der Waals surface area contributed by atoms with Gasteiger partial charge in [0.05, 0.1) is 12.7 Å². The minimum Gasteiger partial charge on any atom is -0.445 e. The number of aryl methyl sites for hydroxylation is 1. The highest BCUT2D eigenvalue weighted by Gasteiger charge is 2.38. The van der Waals surface area contributed by atoms with Crippen LogP contribution in [0.1, 0.15) is 42.7 Å². The minimum absolute atomic E-state index is 0.228. The van der Waals surface area contributed by atoms with Crippen molar-refractivity contribution in [1.82, 2.24) is 10.3 Å². The van der Waals surface area contributed by atoms with Gasteiger partial charge in [0.2, 0.25) is 5.89 Å². The van der Waals surface area contributed by atoms with Crippen LogP contribution in [0.2, 0.25) is 0 Å². The van der Waals surface area contributed by atoms with Crippen molar-refractivity contribution in [2.24, 2.45) is 5.41 Å². The van der Waals surface area contributed by atoms with Crippen LogP contribution in [0, 0.1) is 12.3 Å². The van der Waals surface area contributed by atoms with Gasteiger partial charge in [-0.1, -0.05) is 38.1 Å². The van der Waals surface area contributed by atoms with E-state index in [1.165, 1.54) is 11.1 Å². The predicted octanol–water partition coefficient (Wildman–Crippen LogP) is 3.40. The molecule has 0 saturated heterocycles. The molecule has 1 heterocycles. The van der Waals surface area contributed by atoms with Crippen molar-refractivity contribution in [3.05, 3.63) is 53.2 Å². The molecule has 0 bridgehead atoms. The SMILES string of the molecule is Cc1cnc(CNC2c3ccccc3CC2(C)C)o1. The minimum atomic E-state index is 0.228. The summed E-state index contributed by atoms with van der Waals surface area (Å²) < 4.78 is 5.53. The summed E-state index contributed by atoms with van der Waals surface area (Å²) in [7, 11) is 0. The molecule has 0 saturated carbocycles. The molecule has 1 aliphatic carbocycles. The fourth-order valence-corrected chi connectivity index (χ4v) is 3.05. The van der Waals surface area contributed by atoms with Crippen LogP contribution in [0.4, 0.5) is 0 Å². The first-order valence-corrected chi connectivity index (χ1v) is 6.79. The second-order valence-corrected chi connectivity index (χ2v) is 6.04. The monoisotopic (exact) mass is 256 g/mol. The van der Waals surface area contributed by atoms with Crippen molar-refractivity contribution >= 4 is 0 Å². The Hall–Kier alpha value is -1.61. The van der Waals surface area contributed by atoms with Crippen LogP contribution in [0.25, 0.3) is 0 Å². The van der Waals surface area contributed by atoms with E-state index in [9.17, 15) is 0 Å². The van der Waals surface area contributed by atoms with E-state index < -0.39 is 0 Å². The number of nitrogens with one attached hydrogen (secondary N) is 1. The molecule has 2 aromatic rings. The van der Waals surface area contributed by atoms with Crippen LogP contribution in [-0.4, -0.2) is 4.98 Å². The number of rotatable bonds is 3. The quantitative estimate of drug-likeness (QED) is 0.914. The van der Waals surface area contributed by atoms with Gasteiger partial charge in [0.1, 0.15) is 5.76 Å². The summed E-state index contributed by atoms with van der Waals surface area (Å²) in [5.74, 6) is 1.63. The van der Waals surface area contributed by atoms with Crippen molar-refractivity contribution < 1.29 is 4.42 Å². The van der Waals surface area contributed by atoms with Gasteiger partial charge in [-0.2, -0.15) is 0 Å². The smallest absolute Gasteiger partial charge is 0.208 e. The second kappa shape index (κ2) is 4.49. The number of benzene rings is 1. The Labute approximate surface area is 114 Å². The van der Waals surface area contributed by atoms with Crippen molar-refractivity contribution in [2.45, 2.75) is 39.8 Å². The summed E-state index contributed by atoms with van der Waals surface area (Å²) in [5.41, 5.74) is 3.09. The topological polar surface area (TPSA) is 38.1 Å². The van der Waals surface area contributed by atoms with Gasteiger partial charge >= 0.3 is 0 Å². The Balaban J connectivity index is 1.79. The highest BCUT2D eigenvalue weighted by molar-refractivity contribution is 5.37. The summed E-state index contributed by atoms with van der Waals surface area (Å²) in [6.07, 6.45) is 2.89. The molecule has 1 aromatic carbocycles. The summed E-state index contributed by atoms with van der Waals surface area (Å²) in [6.45, 7) is 7.22. The van der Waals surface area contributed by atoms with Gasteiger partial charge in [-0.05, 0) is 29.9 Å². The largest absolute Gasteiger partial charge is 0.445 e. The fraction of sp³-hybridized carbons (Fsp3) is 0.438. The molecular formula is C16H20N2O. The van der Waals surface area contributed by atoms with E-state index in [-0.39, 0.29) is 5.41 Å². The third kappa shape index (κ3) is 2.30. The predicted molar refractivity (Wildman–Crippen MR) is 74.7 cm³/mol. The van der Waals surface area contributed by atoms with Gasteiger partial charge in [-0.25, -0.2) is 4.98 Å². The van der Waals surface area contributed by atoms with Crippen molar-refractivity contribution in [3.63, 3.8) is 0 Å². The van der Waals surface area contributed by atoms with Crippen molar-refractivity contribution in [2.75, 3.05) is 0 Å². The average Bonchev–Trinajstić information content (AvgIpc) is 2.87. The van der Waals surface area contributed by atoms with Crippen molar-refractivity contribution in [3.8, 4) is 0 Å². The third-order valence-corrected chi connectivity index (χ3v) is 3.92. The Morgan fingerprint density at radius 1 is 1.37 bits per heavy atom. The maximum absolute atomic E-state index is 5.53. The van der Waals surface area contributed by atoms with E-state index >= 15 is 0 Å². The lowest BCUT2D eigenvalue weighted by Gasteiger charge is -2.28. The molecule has 3 rings (SSSR count). The molecule has 1 aliphatic rings. The molecule has 19 heavy (non-hydrogen) atoms. The lowest BCUT2D eigenvalue weighted by atomic mass is 9.85. The highest BCUT2D eigenvalue weighted by atomic mass is 16.4. The van der Waals surface area contributed by atoms with E-state index in [4.69, 9.17) is 4.42 Å². The molecule has 1 N–H and O–H groups in total. The Morgan fingerprint density at radius 3 is 2.89 bits per heavy atom. The van der Waals surface area contributed by atoms with Gasteiger partial charge in [0.25, 0.3) is 0 Å². The van der Waals surface area contributed by atoms with Crippen molar-refractivity contribution in [1.29, 1.82) is 0 Å². The van der Waals surface area contributed by atoms with Gasteiger partial charge < -0.3 is 9.73 Å². The third-order valence-electron chi connectivity index (χ3n) is 3.92.